The molecule has 2 unspecified atom stereocenters. The number of nitrogens with zero attached hydrogens (tertiary/aromatic N) is 1. The van der Waals surface area contributed by atoms with E-state index < -0.39 is 18.0 Å². The summed E-state index contributed by atoms with van der Waals surface area (Å²) in [5, 5.41) is 9.25. The highest BCUT2D eigenvalue weighted by Gasteiger charge is 2.37. The number of anilines is 1. The number of carboxylic acids is 1. The summed E-state index contributed by atoms with van der Waals surface area (Å²) in [5.41, 5.74) is 1.28. The molecule has 0 radical (unpaired) electrons. The Morgan fingerprint density at radius 1 is 1.39 bits per heavy atom. The average molecular weight is 249 g/mol. The first-order valence-electron chi connectivity index (χ1n) is 5.75. The van der Waals surface area contributed by atoms with Gasteiger partial charge in [0.2, 0.25) is 0 Å². The molecule has 1 N–H and O–H groups in total. The van der Waals surface area contributed by atoms with Crippen molar-refractivity contribution in [2.24, 2.45) is 0 Å². The summed E-state index contributed by atoms with van der Waals surface area (Å²) >= 11 is 0. The minimum Gasteiger partial charge on any atom is -0.481 e. The number of fused-ring (bicyclic) bond motifs is 1. The van der Waals surface area contributed by atoms with E-state index in [1.807, 2.05) is 6.92 Å². The summed E-state index contributed by atoms with van der Waals surface area (Å²) in [6.07, 6.45) is -0.0691. The fourth-order valence-electron chi connectivity index (χ4n) is 2.42. The molecule has 0 aliphatic carbocycles. The smallest absolute Gasteiger partial charge is 0.414 e. The van der Waals surface area contributed by atoms with Gasteiger partial charge in [0.25, 0.3) is 0 Å². The second kappa shape index (κ2) is 4.68. The van der Waals surface area contributed by atoms with E-state index in [0.29, 0.717) is 17.7 Å². The third kappa shape index (κ3) is 1.92. The normalized spacial score (nSPS) is 22.2. The second-order valence-corrected chi connectivity index (χ2v) is 4.37. The number of amides is 1. The molecule has 0 fully saturated rings. The molecule has 0 spiro atoms. The van der Waals surface area contributed by atoms with E-state index in [0.717, 1.165) is 0 Å². The van der Waals surface area contributed by atoms with Crippen LogP contribution in [-0.4, -0.2) is 30.3 Å². The number of benzene rings is 1. The van der Waals surface area contributed by atoms with Gasteiger partial charge >= 0.3 is 12.1 Å². The summed E-state index contributed by atoms with van der Waals surface area (Å²) in [6.45, 7) is 1.82. The molecule has 18 heavy (non-hydrogen) atoms. The number of carboxylic acid groups (broad SMARTS) is 1. The lowest BCUT2D eigenvalue weighted by molar-refractivity contribution is -0.139. The number of para-hydroxylation sites is 1. The van der Waals surface area contributed by atoms with Crippen LogP contribution in [0.4, 0.5) is 10.5 Å². The largest absolute Gasteiger partial charge is 0.481 e. The second-order valence-electron chi connectivity index (χ2n) is 4.37. The summed E-state index contributed by atoms with van der Waals surface area (Å²) in [4.78, 5) is 24.6. The molecule has 2 rings (SSSR count). The Kier molecular flexibility index (Phi) is 3.23. The van der Waals surface area contributed by atoms with Gasteiger partial charge in [-0.2, -0.15) is 0 Å². The number of rotatable bonds is 1. The van der Waals surface area contributed by atoms with Crippen LogP contribution < -0.4 is 4.90 Å². The molecule has 1 heterocycles. The van der Waals surface area contributed by atoms with Gasteiger partial charge < -0.3 is 9.84 Å². The summed E-state index contributed by atoms with van der Waals surface area (Å²) in [6, 6.07) is 6.85. The molecule has 0 saturated heterocycles. The van der Waals surface area contributed by atoms with Crippen molar-refractivity contribution in [1.82, 2.24) is 0 Å². The van der Waals surface area contributed by atoms with Crippen LogP contribution in [0.15, 0.2) is 24.3 Å². The molecule has 1 aromatic rings. The van der Waals surface area contributed by atoms with Gasteiger partial charge in [-0.1, -0.05) is 18.2 Å². The molecule has 0 saturated carbocycles. The van der Waals surface area contributed by atoms with Crippen LogP contribution in [0.25, 0.3) is 0 Å². The predicted molar refractivity (Wildman–Crippen MR) is 65.8 cm³/mol. The van der Waals surface area contributed by atoms with Gasteiger partial charge in [-0.15, -0.1) is 0 Å². The van der Waals surface area contributed by atoms with Crippen LogP contribution in [0.1, 0.15) is 24.8 Å². The lowest BCUT2D eigenvalue weighted by Gasteiger charge is -2.36. The van der Waals surface area contributed by atoms with Crippen LogP contribution >= 0.6 is 0 Å². The molecular formula is C13H15NO4. The maximum Gasteiger partial charge on any atom is 0.414 e. The molecular weight excluding hydrogens is 234 g/mol. The molecule has 1 amide bonds. The highest BCUT2D eigenvalue weighted by molar-refractivity contribution is 5.92. The number of hydrogen-bond acceptors (Lipinski definition) is 3. The Labute approximate surface area is 105 Å². The van der Waals surface area contributed by atoms with Crippen molar-refractivity contribution in [3.63, 3.8) is 0 Å². The van der Waals surface area contributed by atoms with Gasteiger partial charge in [-0.05, 0) is 25.0 Å². The average Bonchev–Trinajstić information content (AvgIpc) is 2.36. The molecule has 1 aliphatic rings. The molecule has 0 bridgehead atoms. The van der Waals surface area contributed by atoms with Gasteiger partial charge in [-0.3, -0.25) is 9.69 Å². The van der Waals surface area contributed by atoms with Crippen LogP contribution in [0.3, 0.4) is 0 Å². The number of hydrogen-bond donors (Lipinski definition) is 1. The van der Waals surface area contributed by atoms with Gasteiger partial charge in [0.1, 0.15) is 0 Å². The lowest BCUT2D eigenvalue weighted by Crippen LogP contribution is -2.44. The fraction of sp³-hybridized carbons (Fsp3) is 0.385. The first kappa shape index (κ1) is 12.4. The van der Waals surface area contributed by atoms with Crippen molar-refractivity contribution in [2.45, 2.75) is 25.3 Å². The minimum absolute atomic E-state index is 0.201. The molecule has 1 aliphatic heterocycles. The van der Waals surface area contributed by atoms with E-state index in [1.54, 1.807) is 24.3 Å². The number of carbonyl (C=O) groups is 2. The number of aliphatic carboxylic acids is 1. The van der Waals surface area contributed by atoms with Gasteiger partial charge in [0.05, 0.1) is 18.7 Å². The first-order chi connectivity index (χ1) is 8.56. The predicted octanol–water partition coefficient (Wildman–Crippen LogP) is 2.22. The summed E-state index contributed by atoms with van der Waals surface area (Å²) in [7, 11) is 1.32. The van der Waals surface area contributed by atoms with Crippen molar-refractivity contribution in [1.29, 1.82) is 0 Å². The van der Waals surface area contributed by atoms with Crippen molar-refractivity contribution in [3.8, 4) is 0 Å². The zero-order chi connectivity index (χ0) is 13.3. The number of ether oxygens (including phenoxy) is 1. The number of methoxy groups -OCH3 is 1. The Hall–Kier alpha value is -2.04. The van der Waals surface area contributed by atoms with E-state index >= 15 is 0 Å². The van der Waals surface area contributed by atoms with Crippen LogP contribution in [0.5, 0.6) is 0 Å². The van der Waals surface area contributed by atoms with Crippen LogP contribution in [0.2, 0.25) is 0 Å². The number of carbonyl (C=O) groups excluding carboxylic acids is 1. The molecule has 5 nitrogen and oxygen atoms in total. The van der Waals surface area contributed by atoms with Crippen molar-refractivity contribution < 1.29 is 19.4 Å². The minimum atomic E-state index is -0.862. The van der Waals surface area contributed by atoms with Gasteiger partial charge in [0.15, 0.2) is 0 Å². The Balaban J connectivity index is 2.51. The molecule has 2 atom stereocenters. The molecule has 96 valence electrons. The quantitative estimate of drug-likeness (QED) is 0.828. The van der Waals surface area contributed by atoms with E-state index in [2.05, 4.69) is 0 Å². The zero-order valence-corrected chi connectivity index (χ0v) is 10.3. The molecule has 5 heteroatoms. The van der Waals surface area contributed by atoms with Gasteiger partial charge in [0, 0.05) is 6.04 Å². The fourth-order valence-corrected chi connectivity index (χ4v) is 2.42. The topological polar surface area (TPSA) is 66.8 Å². The third-order valence-electron chi connectivity index (χ3n) is 3.26. The monoisotopic (exact) mass is 249 g/mol. The van der Waals surface area contributed by atoms with Gasteiger partial charge in [-0.25, -0.2) is 4.79 Å². The standard InChI is InChI=1S/C13H15NO4/c1-8-7-10(12(15)16)9-5-3-4-6-11(9)14(8)13(17)18-2/h3-6,8,10H,7H2,1-2H3,(H,15,16). The van der Waals surface area contributed by atoms with E-state index in [1.165, 1.54) is 12.0 Å². The van der Waals surface area contributed by atoms with Crippen molar-refractivity contribution >= 4 is 17.7 Å². The summed E-state index contributed by atoms with van der Waals surface area (Å²) in [5.74, 6) is -1.43. The zero-order valence-electron chi connectivity index (χ0n) is 10.3. The maximum absolute atomic E-state index is 11.8. The Morgan fingerprint density at radius 2 is 2.06 bits per heavy atom. The third-order valence-corrected chi connectivity index (χ3v) is 3.26. The summed E-state index contributed by atoms with van der Waals surface area (Å²) < 4.78 is 4.75. The Bertz CT molecular complexity index is 486. The first-order valence-corrected chi connectivity index (χ1v) is 5.75. The van der Waals surface area contributed by atoms with Crippen LogP contribution in [-0.2, 0) is 9.53 Å². The van der Waals surface area contributed by atoms with Crippen molar-refractivity contribution in [2.75, 3.05) is 12.0 Å². The van der Waals surface area contributed by atoms with E-state index in [9.17, 15) is 14.7 Å². The molecule has 1 aromatic carbocycles. The SMILES string of the molecule is COC(=O)N1c2ccccc2C(C(=O)O)CC1C. The van der Waals surface area contributed by atoms with Crippen LogP contribution in [0, 0.1) is 0 Å². The highest BCUT2D eigenvalue weighted by atomic mass is 16.5. The lowest BCUT2D eigenvalue weighted by atomic mass is 9.86. The molecule has 0 aromatic heterocycles. The maximum atomic E-state index is 11.8. The van der Waals surface area contributed by atoms with E-state index in [-0.39, 0.29) is 6.04 Å². The van der Waals surface area contributed by atoms with Crippen molar-refractivity contribution in [3.05, 3.63) is 29.8 Å². The van der Waals surface area contributed by atoms with E-state index in [4.69, 9.17) is 4.74 Å². The highest BCUT2D eigenvalue weighted by Crippen LogP contribution is 2.38. The Morgan fingerprint density at radius 3 is 2.67 bits per heavy atom.